The zero-order chi connectivity index (χ0) is 16.4. The normalized spacial score (nSPS) is 11.3. The molecule has 5 nitrogen and oxygen atoms in total. The van der Waals surface area contributed by atoms with Gasteiger partial charge in [0.15, 0.2) is 10.9 Å². The van der Waals surface area contributed by atoms with E-state index in [-0.39, 0.29) is 10.7 Å². The van der Waals surface area contributed by atoms with Crippen LogP contribution in [-0.4, -0.2) is 19.2 Å². The van der Waals surface area contributed by atoms with Crippen LogP contribution >= 0.6 is 22.7 Å². The lowest BCUT2D eigenvalue weighted by Gasteiger charge is -2.05. The quantitative estimate of drug-likeness (QED) is 0.697. The van der Waals surface area contributed by atoms with Crippen LogP contribution in [0.3, 0.4) is 0 Å². The first-order valence-electron chi connectivity index (χ1n) is 6.59. The number of sulfonamides is 1. The molecule has 0 saturated carbocycles. The topological polar surface area (TPSA) is 76.1 Å². The molecule has 118 valence electrons. The number of nitrogens with zero attached hydrogens (tertiary/aromatic N) is 1. The molecule has 0 aliphatic carbocycles. The molecular formula is C15H12N2O3S3. The van der Waals surface area contributed by atoms with Crippen LogP contribution in [0.2, 0.25) is 0 Å². The fourth-order valence-electron chi connectivity index (χ4n) is 1.90. The van der Waals surface area contributed by atoms with E-state index in [0.717, 1.165) is 10.6 Å². The maximum Gasteiger partial charge on any atom is 0.263 e. The molecule has 2 heterocycles. The number of hydrogen-bond acceptors (Lipinski definition) is 6. The molecule has 3 rings (SSSR count). The van der Waals surface area contributed by atoms with Crippen LogP contribution in [0.15, 0.2) is 52.1 Å². The Bertz CT molecular complexity index is 927. The average molecular weight is 364 g/mol. The van der Waals surface area contributed by atoms with Gasteiger partial charge in [-0.15, -0.1) is 22.7 Å². The van der Waals surface area contributed by atoms with Gasteiger partial charge in [0.1, 0.15) is 0 Å². The highest BCUT2D eigenvalue weighted by Gasteiger charge is 2.17. The van der Waals surface area contributed by atoms with Crippen molar-refractivity contribution >= 4 is 43.6 Å². The largest absolute Gasteiger partial charge is 0.295 e. The van der Waals surface area contributed by atoms with Crippen molar-refractivity contribution in [2.45, 2.75) is 11.8 Å². The summed E-state index contributed by atoms with van der Waals surface area (Å²) in [6, 6.07) is 9.66. The zero-order valence-electron chi connectivity index (χ0n) is 12.0. The standard InChI is InChI=1S/C15H12N2O3S3/c1-10(18)11-4-6-12(7-5-11)23(19,20)17-15-16-13(9-22-15)14-3-2-8-21-14/h2-9H,1H3,(H,16,17). The molecule has 1 N–H and O–H groups in total. The summed E-state index contributed by atoms with van der Waals surface area (Å²) in [4.78, 5) is 16.6. The molecule has 0 fully saturated rings. The summed E-state index contributed by atoms with van der Waals surface area (Å²) in [5.74, 6) is -0.109. The van der Waals surface area contributed by atoms with Gasteiger partial charge in [0.25, 0.3) is 10.0 Å². The van der Waals surface area contributed by atoms with E-state index in [1.54, 1.807) is 11.3 Å². The number of thiazole rings is 1. The van der Waals surface area contributed by atoms with Crippen LogP contribution in [-0.2, 0) is 10.0 Å². The molecule has 0 unspecified atom stereocenters. The zero-order valence-corrected chi connectivity index (χ0v) is 14.5. The lowest BCUT2D eigenvalue weighted by Crippen LogP contribution is -2.12. The molecule has 23 heavy (non-hydrogen) atoms. The van der Waals surface area contributed by atoms with Gasteiger partial charge >= 0.3 is 0 Å². The maximum atomic E-state index is 12.4. The summed E-state index contributed by atoms with van der Waals surface area (Å²) in [5, 5.41) is 4.06. The minimum absolute atomic E-state index is 0.0929. The molecule has 3 aromatic rings. The summed E-state index contributed by atoms with van der Waals surface area (Å²) >= 11 is 2.77. The van der Waals surface area contributed by atoms with Crippen molar-refractivity contribution in [2.75, 3.05) is 4.72 Å². The van der Waals surface area contributed by atoms with Gasteiger partial charge in [0.2, 0.25) is 0 Å². The minimum Gasteiger partial charge on any atom is -0.295 e. The number of carbonyl (C=O) groups excluding carboxylic acids is 1. The van der Waals surface area contributed by atoms with Crippen LogP contribution in [0, 0.1) is 0 Å². The number of anilines is 1. The predicted octanol–water partition coefficient (Wildman–Crippen LogP) is 3.88. The Balaban J connectivity index is 1.82. The second-order valence-electron chi connectivity index (χ2n) is 4.70. The lowest BCUT2D eigenvalue weighted by molar-refractivity contribution is 0.101. The van der Waals surface area contributed by atoms with E-state index in [1.807, 2.05) is 22.9 Å². The van der Waals surface area contributed by atoms with Crippen molar-refractivity contribution < 1.29 is 13.2 Å². The molecule has 1 aromatic carbocycles. The van der Waals surface area contributed by atoms with Gasteiger partial charge in [-0.1, -0.05) is 18.2 Å². The molecule has 0 radical (unpaired) electrons. The molecule has 0 bridgehead atoms. The molecule has 0 atom stereocenters. The van der Waals surface area contributed by atoms with Crippen LogP contribution in [0.4, 0.5) is 5.13 Å². The van der Waals surface area contributed by atoms with Crippen molar-refractivity contribution in [3.8, 4) is 10.6 Å². The molecule has 8 heteroatoms. The number of hydrogen-bond donors (Lipinski definition) is 1. The van der Waals surface area contributed by atoms with Crippen molar-refractivity contribution in [3.05, 3.63) is 52.7 Å². The van der Waals surface area contributed by atoms with Gasteiger partial charge in [-0.3, -0.25) is 9.52 Å². The third kappa shape index (κ3) is 3.49. The number of aromatic nitrogens is 1. The third-order valence-corrected chi connectivity index (χ3v) is 6.20. The average Bonchev–Trinajstić information content (AvgIpc) is 3.18. The fraction of sp³-hybridized carbons (Fsp3) is 0.0667. The number of thiophene rings is 1. The number of benzene rings is 1. The van der Waals surface area contributed by atoms with Gasteiger partial charge in [0, 0.05) is 10.9 Å². The van der Waals surface area contributed by atoms with Crippen molar-refractivity contribution in [1.82, 2.24) is 4.98 Å². The Morgan fingerprint density at radius 2 is 1.87 bits per heavy atom. The number of ketones is 1. The SMILES string of the molecule is CC(=O)c1ccc(S(=O)(=O)Nc2nc(-c3cccs3)cs2)cc1. The number of nitrogens with one attached hydrogen (secondary N) is 1. The molecule has 0 amide bonds. The first-order chi connectivity index (χ1) is 11.0. The van der Waals surface area contributed by atoms with Crippen molar-refractivity contribution in [2.24, 2.45) is 0 Å². The van der Waals surface area contributed by atoms with Gasteiger partial charge < -0.3 is 0 Å². The predicted molar refractivity (Wildman–Crippen MR) is 92.7 cm³/mol. The smallest absolute Gasteiger partial charge is 0.263 e. The molecular weight excluding hydrogens is 352 g/mol. The van der Waals surface area contributed by atoms with Gasteiger partial charge in [-0.25, -0.2) is 13.4 Å². The first-order valence-corrected chi connectivity index (χ1v) is 9.83. The van der Waals surface area contributed by atoms with Crippen LogP contribution in [0.5, 0.6) is 0 Å². The summed E-state index contributed by atoms with van der Waals surface area (Å²) < 4.78 is 27.2. The summed E-state index contributed by atoms with van der Waals surface area (Å²) in [6.45, 7) is 1.43. The number of carbonyl (C=O) groups is 1. The van der Waals surface area contributed by atoms with Gasteiger partial charge in [0.05, 0.1) is 15.5 Å². The van der Waals surface area contributed by atoms with Gasteiger partial charge in [-0.05, 0) is 30.5 Å². The van der Waals surface area contributed by atoms with E-state index in [4.69, 9.17) is 0 Å². The van der Waals surface area contributed by atoms with Crippen LogP contribution in [0.25, 0.3) is 10.6 Å². The fourth-order valence-corrected chi connectivity index (χ4v) is 4.62. The van der Waals surface area contributed by atoms with E-state index in [0.29, 0.717) is 10.7 Å². The molecule has 0 saturated heterocycles. The monoisotopic (exact) mass is 364 g/mol. The highest BCUT2D eigenvalue weighted by molar-refractivity contribution is 7.93. The van der Waals surface area contributed by atoms with E-state index in [1.165, 1.54) is 42.5 Å². The number of Topliss-reactive ketones (excluding diaryl/α,β-unsaturated/α-hetero) is 1. The Kier molecular flexibility index (Phi) is 4.29. The highest BCUT2D eigenvalue weighted by Crippen LogP contribution is 2.29. The molecule has 0 aliphatic rings. The van der Waals surface area contributed by atoms with E-state index in [2.05, 4.69) is 9.71 Å². The number of rotatable bonds is 5. The molecule has 2 aromatic heterocycles. The van der Waals surface area contributed by atoms with E-state index < -0.39 is 10.0 Å². The Hall–Kier alpha value is -2.03. The van der Waals surface area contributed by atoms with Crippen LogP contribution in [0.1, 0.15) is 17.3 Å². The summed E-state index contributed by atoms with van der Waals surface area (Å²) in [6.07, 6.45) is 0. The van der Waals surface area contributed by atoms with Gasteiger partial charge in [-0.2, -0.15) is 0 Å². The molecule has 0 aliphatic heterocycles. The molecule has 0 spiro atoms. The Labute approximate surface area is 141 Å². The summed E-state index contributed by atoms with van der Waals surface area (Å²) in [7, 11) is -3.72. The van der Waals surface area contributed by atoms with E-state index in [9.17, 15) is 13.2 Å². The second kappa shape index (κ2) is 6.23. The Morgan fingerprint density at radius 1 is 1.13 bits per heavy atom. The Morgan fingerprint density at radius 3 is 2.48 bits per heavy atom. The highest BCUT2D eigenvalue weighted by atomic mass is 32.2. The van der Waals surface area contributed by atoms with Crippen molar-refractivity contribution in [3.63, 3.8) is 0 Å². The van der Waals surface area contributed by atoms with E-state index >= 15 is 0 Å². The van der Waals surface area contributed by atoms with Crippen molar-refractivity contribution in [1.29, 1.82) is 0 Å². The summed E-state index contributed by atoms with van der Waals surface area (Å²) in [5.41, 5.74) is 1.22. The van der Waals surface area contributed by atoms with Crippen LogP contribution < -0.4 is 4.72 Å². The lowest BCUT2D eigenvalue weighted by atomic mass is 10.2. The second-order valence-corrected chi connectivity index (χ2v) is 8.19. The minimum atomic E-state index is -3.72. The third-order valence-electron chi connectivity index (χ3n) is 3.07. The maximum absolute atomic E-state index is 12.4. The first kappa shape index (κ1) is 15.9.